The predicted molar refractivity (Wildman–Crippen MR) is 105 cm³/mol. The van der Waals surface area contributed by atoms with Gasteiger partial charge in [-0.3, -0.25) is 24.0 Å². The monoisotopic (exact) mass is 385 g/mol. The van der Waals surface area contributed by atoms with Crippen molar-refractivity contribution in [1.82, 2.24) is 18.7 Å². The summed E-state index contributed by atoms with van der Waals surface area (Å²) < 4.78 is 4.01. The predicted octanol–water partition coefficient (Wildman–Crippen LogP) is 1.20. The lowest BCUT2D eigenvalue weighted by molar-refractivity contribution is -0.384. The molecule has 28 heavy (non-hydrogen) atoms. The van der Waals surface area contributed by atoms with Gasteiger partial charge in [-0.2, -0.15) is 10.1 Å². The van der Waals surface area contributed by atoms with Gasteiger partial charge in [0.25, 0.3) is 11.2 Å². The molecule has 0 saturated heterocycles. The van der Waals surface area contributed by atoms with Gasteiger partial charge in [-0.15, -0.1) is 0 Å². The van der Waals surface area contributed by atoms with Crippen LogP contribution >= 0.6 is 0 Å². The van der Waals surface area contributed by atoms with Gasteiger partial charge < -0.3 is 4.57 Å². The number of hydrogen-bond donors (Lipinski definition) is 1. The molecule has 1 aromatic carbocycles. The van der Waals surface area contributed by atoms with Crippen LogP contribution in [0.25, 0.3) is 11.2 Å². The molecule has 0 aliphatic heterocycles. The molecule has 3 rings (SSSR count). The minimum Gasteiger partial charge on any atom is -0.303 e. The Kier molecular flexibility index (Phi) is 5.07. The van der Waals surface area contributed by atoms with E-state index in [4.69, 9.17) is 0 Å². The highest BCUT2D eigenvalue weighted by Crippen LogP contribution is 2.16. The second-order valence-electron chi connectivity index (χ2n) is 6.19. The Morgan fingerprint density at radius 2 is 2.04 bits per heavy atom. The minimum absolute atomic E-state index is 0.0410. The summed E-state index contributed by atoms with van der Waals surface area (Å²) in [6.07, 6.45) is 2.15. The molecule has 0 aliphatic carbocycles. The molecule has 1 N–H and O–H groups in total. The first-order valence-electron chi connectivity index (χ1n) is 8.55. The number of nitro groups is 1. The Hall–Kier alpha value is -3.76. The third-order valence-corrected chi connectivity index (χ3v) is 4.25. The molecular weight excluding hydrogens is 366 g/mol. The van der Waals surface area contributed by atoms with Crippen LogP contribution in [0.15, 0.2) is 39.0 Å². The molecule has 0 bridgehead atoms. The molecule has 0 unspecified atom stereocenters. The van der Waals surface area contributed by atoms with E-state index in [1.165, 1.54) is 30.0 Å². The maximum atomic E-state index is 12.6. The zero-order valence-corrected chi connectivity index (χ0v) is 15.6. The van der Waals surface area contributed by atoms with Crippen molar-refractivity contribution in [3.63, 3.8) is 0 Å². The molecule has 0 radical (unpaired) electrons. The summed E-state index contributed by atoms with van der Waals surface area (Å²) in [5.74, 6) is 0.303. The fourth-order valence-electron chi connectivity index (χ4n) is 2.86. The molecule has 11 heteroatoms. The topological polar surface area (TPSA) is 129 Å². The van der Waals surface area contributed by atoms with Crippen molar-refractivity contribution in [2.45, 2.75) is 19.9 Å². The Morgan fingerprint density at radius 3 is 2.71 bits per heavy atom. The molecule has 2 aromatic heterocycles. The van der Waals surface area contributed by atoms with Crippen molar-refractivity contribution < 1.29 is 4.92 Å². The van der Waals surface area contributed by atoms with Crippen molar-refractivity contribution in [2.24, 2.45) is 19.2 Å². The first kappa shape index (κ1) is 19.0. The van der Waals surface area contributed by atoms with Gasteiger partial charge in [0.15, 0.2) is 11.2 Å². The smallest absolute Gasteiger partial charge is 0.303 e. The lowest BCUT2D eigenvalue weighted by Crippen LogP contribution is -2.37. The summed E-state index contributed by atoms with van der Waals surface area (Å²) >= 11 is 0. The second kappa shape index (κ2) is 7.47. The van der Waals surface area contributed by atoms with Crippen LogP contribution < -0.4 is 16.7 Å². The Bertz CT molecular complexity index is 1200. The van der Waals surface area contributed by atoms with Gasteiger partial charge in [0, 0.05) is 38.3 Å². The first-order valence-corrected chi connectivity index (χ1v) is 8.55. The fraction of sp³-hybridized carbons (Fsp3) is 0.294. The lowest BCUT2D eigenvalue weighted by atomic mass is 10.2. The van der Waals surface area contributed by atoms with Crippen molar-refractivity contribution in [1.29, 1.82) is 0 Å². The molecule has 0 aliphatic rings. The standard InChI is InChI=1S/C17H19N7O4/c1-4-8-23-13-14(21(2)17(26)22(3)15(13)25)19-16(23)20-18-10-11-6-5-7-12(9-11)24(27)28/h5-7,9-10H,4,8H2,1-3H3,(H,19,20)/b18-10+. The number of benzene rings is 1. The molecule has 0 atom stereocenters. The van der Waals surface area contributed by atoms with Crippen molar-refractivity contribution >= 4 is 29.0 Å². The Morgan fingerprint density at radius 1 is 1.29 bits per heavy atom. The summed E-state index contributed by atoms with van der Waals surface area (Å²) in [5, 5.41) is 14.9. The van der Waals surface area contributed by atoms with Crippen LogP contribution in [0.5, 0.6) is 0 Å². The summed E-state index contributed by atoms with van der Waals surface area (Å²) in [5.41, 5.74) is 2.92. The molecular formula is C17H19N7O4. The normalized spacial score (nSPS) is 11.4. The van der Waals surface area contributed by atoms with Crippen LogP contribution in [0.1, 0.15) is 18.9 Å². The average Bonchev–Trinajstić information content (AvgIpc) is 3.04. The number of aromatic nitrogens is 4. The van der Waals surface area contributed by atoms with E-state index < -0.39 is 16.2 Å². The van der Waals surface area contributed by atoms with E-state index in [1.54, 1.807) is 23.7 Å². The lowest BCUT2D eigenvalue weighted by Gasteiger charge is -2.07. The molecule has 0 saturated carbocycles. The van der Waals surface area contributed by atoms with E-state index >= 15 is 0 Å². The van der Waals surface area contributed by atoms with E-state index in [0.29, 0.717) is 23.6 Å². The van der Waals surface area contributed by atoms with Gasteiger partial charge in [-0.25, -0.2) is 10.2 Å². The van der Waals surface area contributed by atoms with Gasteiger partial charge in [-0.05, 0) is 6.42 Å². The molecule has 2 heterocycles. The van der Waals surface area contributed by atoms with Crippen molar-refractivity contribution in [2.75, 3.05) is 5.43 Å². The second-order valence-corrected chi connectivity index (χ2v) is 6.19. The highest BCUT2D eigenvalue weighted by Gasteiger charge is 2.18. The summed E-state index contributed by atoms with van der Waals surface area (Å²) in [7, 11) is 2.96. The fourth-order valence-corrected chi connectivity index (χ4v) is 2.86. The molecule has 0 amide bonds. The van der Waals surface area contributed by atoms with Gasteiger partial charge in [0.05, 0.1) is 11.1 Å². The number of aryl methyl sites for hydroxylation is 2. The first-order chi connectivity index (χ1) is 13.3. The molecule has 3 aromatic rings. The van der Waals surface area contributed by atoms with Gasteiger partial charge in [-0.1, -0.05) is 19.1 Å². The number of non-ortho nitro benzene ring substituents is 1. The summed E-state index contributed by atoms with van der Waals surface area (Å²) in [6, 6.07) is 6.01. The number of nitrogens with one attached hydrogen (secondary N) is 1. The summed E-state index contributed by atoms with van der Waals surface area (Å²) in [6.45, 7) is 2.45. The van der Waals surface area contributed by atoms with Crippen LogP contribution in [0.2, 0.25) is 0 Å². The average molecular weight is 385 g/mol. The number of imidazole rings is 1. The quantitative estimate of drug-likeness (QED) is 0.385. The van der Waals surface area contributed by atoms with Crippen LogP contribution in [0, 0.1) is 10.1 Å². The van der Waals surface area contributed by atoms with E-state index in [-0.39, 0.29) is 11.3 Å². The van der Waals surface area contributed by atoms with Crippen LogP contribution in [0.4, 0.5) is 11.6 Å². The third kappa shape index (κ3) is 3.29. The minimum atomic E-state index is -0.484. The van der Waals surface area contributed by atoms with Crippen molar-refractivity contribution in [3.8, 4) is 0 Å². The van der Waals surface area contributed by atoms with Gasteiger partial charge in [0.2, 0.25) is 5.95 Å². The summed E-state index contributed by atoms with van der Waals surface area (Å²) in [4.78, 5) is 39.4. The van der Waals surface area contributed by atoms with Gasteiger partial charge >= 0.3 is 5.69 Å². The van der Waals surface area contributed by atoms with Gasteiger partial charge in [0.1, 0.15) is 0 Å². The number of nitro benzene ring substituents is 1. The Labute approximate surface area is 158 Å². The van der Waals surface area contributed by atoms with E-state index in [9.17, 15) is 19.7 Å². The van der Waals surface area contributed by atoms with Crippen LogP contribution in [-0.4, -0.2) is 29.8 Å². The molecule has 146 valence electrons. The zero-order chi connectivity index (χ0) is 20.4. The zero-order valence-electron chi connectivity index (χ0n) is 15.6. The van der Waals surface area contributed by atoms with Crippen molar-refractivity contribution in [3.05, 3.63) is 60.8 Å². The molecule has 11 nitrogen and oxygen atoms in total. The molecule has 0 spiro atoms. The number of nitrogens with zero attached hydrogens (tertiary/aromatic N) is 6. The maximum absolute atomic E-state index is 12.6. The number of hydrazone groups is 1. The third-order valence-electron chi connectivity index (χ3n) is 4.25. The number of rotatable bonds is 6. The Balaban J connectivity index is 2.02. The highest BCUT2D eigenvalue weighted by atomic mass is 16.6. The number of fused-ring (bicyclic) bond motifs is 1. The number of hydrogen-bond acceptors (Lipinski definition) is 7. The molecule has 0 fully saturated rings. The van der Waals surface area contributed by atoms with E-state index in [1.807, 2.05) is 6.92 Å². The van der Waals surface area contributed by atoms with E-state index in [2.05, 4.69) is 15.5 Å². The maximum Gasteiger partial charge on any atom is 0.332 e. The highest BCUT2D eigenvalue weighted by molar-refractivity contribution is 5.81. The SMILES string of the molecule is CCCn1c(N/N=C/c2cccc([N+](=O)[O-])c2)nc2c1c(=O)n(C)c(=O)n2C. The van der Waals surface area contributed by atoms with E-state index in [0.717, 1.165) is 11.0 Å². The van der Waals surface area contributed by atoms with Crippen LogP contribution in [-0.2, 0) is 20.6 Å². The van der Waals surface area contributed by atoms with Crippen LogP contribution in [0.3, 0.4) is 0 Å². The largest absolute Gasteiger partial charge is 0.332 e. The number of anilines is 1.